The number of rotatable bonds is 7. The monoisotopic (exact) mass is 397 g/mol. The first-order valence-corrected chi connectivity index (χ1v) is 9.56. The molecule has 1 aliphatic rings. The van der Waals surface area contributed by atoms with Crippen LogP contribution in [0.3, 0.4) is 0 Å². The number of nitriles is 1. The van der Waals surface area contributed by atoms with Crippen LogP contribution in [-0.4, -0.2) is 15.9 Å². The molecule has 7 heteroatoms. The van der Waals surface area contributed by atoms with Crippen molar-refractivity contribution in [2.75, 3.05) is 10.6 Å². The van der Waals surface area contributed by atoms with Crippen LogP contribution in [0.1, 0.15) is 12.8 Å². The normalized spacial score (nSPS) is 13.2. The summed E-state index contributed by atoms with van der Waals surface area (Å²) in [5.41, 5.74) is 1.40. The van der Waals surface area contributed by atoms with Crippen molar-refractivity contribution >= 4 is 23.2 Å². The van der Waals surface area contributed by atoms with Gasteiger partial charge >= 0.3 is 0 Å². The summed E-state index contributed by atoms with van der Waals surface area (Å²) in [5, 5.41) is 15.1. The second-order valence-corrected chi connectivity index (χ2v) is 6.82. The first-order valence-electron chi connectivity index (χ1n) is 9.56. The highest BCUT2D eigenvalue weighted by Gasteiger charge is 2.21. The van der Waals surface area contributed by atoms with E-state index in [0.29, 0.717) is 34.9 Å². The molecule has 0 saturated heterocycles. The number of carbonyl (C=O) groups is 1. The summed E-state index contributed by atoms with van der Waals surface area (Å²) in [6.45, 7) is 0. The standard InChI is InChI=1S/C23H19N5O2/c24-15-17(13-16-9-10-16)22(29)26-18-5-4-6-19(14-18)27-23-25-12-11-21(28-23)30-20-7-2-1-3-8-20/h1-8,11-14,16H,9-10H2,(H,26,29)(H,25,27,28)/b17-13-. The van der Waals surface area contributed by atoms with Gasteiger partial charge in [-0.3, -0.25) is 4.79 Å². The lowest BCUT2D eigenvalue weighted by Gasteiger charge is -2.09. The van der Waals surface area contributed by atoms with Gasteiger partial charge in [-0.2, -0.15) is 10.2 Å². The number of ether oxygens (including phenoxy) is 1. The maximum Gasteiger partial charge on any atom is 0.265 e. The number of amides is 1. The number of nitrogens with zero attached hydrogens (tertiary/aromatic N) is 3. The van der Waals surface area contributed by atoms with Gasteiger partial charge in [0.25, 0.3) is 5.91 Å². The van der Waals surface area contributed by atoms with E-state index in [9.17, 15) is 10.1 Å². The van der Waals surface area contributed by atoms with Crippen LogP contribution in [0.25, 0.3) is 0 Å². The SMILES string of the molecule is N#C/C(=C/C1CC1)C(=O)Nc1cccc(Nc2nccc(Oc3ccccc3)n2)c1. The van der Waals surface area contributed by atoms with Crippen molar-refractivity contribution in [3.8, 4) is 17.7 Å². The summed E-state index contributed by atoms with van der Waals surface area (Å²) in [7, 11) is 0. The lowest BCUT2D eigenvalue weighted by molar-refractivity contribution is -0.112. The van der Waals surface area contributed by atoms with Crippen molar-refractivity contribution in [3.63, 3.8) is 0 Å². The molecule has 1 amide bonds. The van der Waals surface area contributed by atoms with Gasteiger partial charge in [-0.1, -0.05) is 30.3 Å². The maximum atomic E-state index is 12.3. The zero-order valence-corrected chi connectivity index (χ0v) is 16.1. The minimum absolute atomic E-state index is 0.143. The summed E-state index contributed by atoms with van der Waals surface area (Å²) in [4.78, 5) is 20.9. The molecule has 0 bridgehead atoms. The Morgan fingerprint density at radius 1 is 1.10 bits per heavy atom. The fourth-order valence-corrected chi connectivity index (χ4v) is 2.73. The molecule has 1 fully saturated rings. The van der Waals surface area contributed by atoms with Crippen LogP contribution in [0.2, 0.25) is 0 Å². The molecule has 148 valence electrons. The number of para-hydroxylation sites is 1. The molecule has 0 unspecified atom stereocenters. The Kier molecular flexibility index (Phi) is 5.67. The van der Waals surface area contributed by atoms with Crippen molar-refractivity contribution in [2.24, 2.45) is 5.92 Å². The van der Waals surface area contributed by atoms with E-state index in [1.807, 2.05) is 42.5 Å². The van der Waals surface area contributed by atoms with E-state index in [0.717, 1.165) is 12.8 Å². The number of carbonyl (C=O) groups excluding carboxylic acids is 1. The van der Waals surface area contributed by atoms with Crippen molar-refractivity contribution in [2.45, 2.75) is 12.8 Å². The van der Waals surface area contributed by atoms with Crippen molar-refractivity contribution in [1.82, 2.24) is 9.97 Å². The molecule has 0 spiro atoms. The molecule has 0 atom stereocenters. The molecule has 0 radical (unpaired) electrons. The fourth-order valence-electron chi connectivity index (χ4n) is 2.73. The van der Waals surface area contributed by atoms with Gasteiger partial charge in [0.2, 0.25) is 11.8 Å². The number of aromatic nitrogens is 2. The van der Waals surface area contributed by atoms with Crippen molar-refractivity contribution in [3.05, 3.63) is 78.5 Å². The van der Waals surface area contributed by atoms with E-state index in [1.54, 1.807) is 36.5 Å². The second-order valence-electron chi connectivity index (χ2n) is 6.82. The zero-order chi connectivity index (χ0) is 20.8. The number of benzene rings is 2. The minimum atomic E-state index is -0.406. The van der Waals surface area contributed by atoms with E-state index >= 15 is 0 Å². The highest BCUT2D eigenvalue weighted by atomic mass is 16.5. The first kappa shape index (κ1) is 19.2. The van der Waals surface area contributed by atoms with E-state index in [1.165, 1.54) is 0 Å². The average Bonchev–Trinajstić information content (AvgIpc) is 3.57. The van der Waals surface area contributed by atoms with Crippen LogP contribution < -0.4 is 15.4 Å². The van der Waals surface area contributed by atoms with Crippen LogP contribution >= 0.6 is 0 Å². The number of hydrogen-bond donors (Lipinski definition) is 2. The Balaban J connectivity index is 1.44. The second kappa shape index (κ2) is 8.88. The van der Waals surface area contributed by atoms with Crippen molar-refractivity contribution in [1.29, 1.82) is 5.26 Å². The Morgan fingerprint density at radius 2 is 1.90 bits per heavy atom. The van der Waals surface area contributed by atoms with Gasteiger partial charge in [0.1, 0.15) is 17.4 Å². The van der Waals surface area contributed by atoms with Gasteiger partial charge in [0.05, 0.1) is 0 Å². The molecule has 3 aromatic rings. The number of hydrogen-bond acceptors (Lipinski definition) is 6. The summed E-state index contributed by atoms with van der Waals surface area (Å²) in [6.07, 6.45) is 5.40. The summed E-state index contributed by atoms with van der Waals surface area (Å²) < 4.78 is 5.72. The third kappa shape index (κ3) is 5.20. The van der Waals surface area contributed by atoms with Crippen LogP contribution in [0.15, 0.2) is 78.5 Å². The molecule has 2 N–H and O–H groups in total. The summed E-state index contributed by atoms with van der Waals surface area (Å²) >= 11 is 0. The topological polar surface area (TPSA) is 99.9 Å². The molecule has 4 rings (SSSR count). The van der Waals surface area contributed by atoms with Gasteiger partial charge in [-0.15, -0.1) is 0 Å². The summed E-state index contributed by atoms with van der Waals surface area (Å²) in [6, 6.07) is 20.1. The van der Waals surface area contributed by atoms with Gasteiger partial charge in [-0.25, -0.2) is 4.98 Å². The van der Waals surface area contributed by atoms with Crippen LogP contribution in [0.5, 0.6) is 11.6 Å². The molecule has 1 aromatic heterocycles. The van der Waals surface area contributed by atoms with Crippen LogP contribution in [0.4, 0.5) is 17.3 Å². The highest BCUT2D eigenvalue weighted by molar-refractivity contribution is 6.06. The van der Waals surface area contributed by atoms with Gasteiger partial charge in [-0.05, 0) is 49.1 Å². The van der Waals surface area contributed by atoms with Gasteiger partial charge < -0.3 is 15.4 Å². The Labute approximate surface area is 174 Å². The number of nitrogens with one attached hydrogen (secondary N) is 2. The number of allylic oxidation sites excluding steroid dienone is 1. The smallest absolute Gasteiger partial charge is 0.265 e. The number of anilines is 3. The molecular weight excluding hydrogens is 378 g/mol. The molecule has 1 aliphatic carbocycles. The maximum absolute atomic E-state index is 12.3. The average molecular weight is 397 g/mol. The summed E-state index contributed by atoms with van der Waals surface area (Å²) in [5.74, 6) is 1.39. The fraction of sp³-hybridized carbons (Fsp3) is 0.130. The van der Waals surface area contributed by atoms with E-state index in [2.05, 4.69) is 20.6 Å². The first-order chi connectivity index (χ1) is 14.7. The Hall–Kier alpha value is -4.18. The van der Waals surface area contributed by atoms with E-state index < -0.39 is 5.91 Å². The van der Waals surface area contributed by atoms with E-state index in [4.69, 9.17) is 4.74 Å². The molecule has 30 heavy (non-hydrogen) atoms. The van der Waals surface area contributed by atoms with E-state index in [-0.39, 0.29) is 5.57 Å². The van der Waals surface area contributed by atoms with Crippen molar-refractivity contribution < 1.29 is 9.53 Å². The quantitative estimate of drug-likeness (QED) is 0.438. The largest absolute Gasteiger partial charge is 0.439 e. The third-order valence-electron chi connectivity index (χ3n) is 4.36. The predicted molar refractivity (Wildman–Crippen MR) is 113 cm³/mol. The Bertz CT molecular complexity index is 1120. The minimum Gasteiger partial charge on any atom is -0.439 e. The molecule has 0 aliphatic heterocycles. The van der Waals surface area contributed by atoms with Crippen LogP contribution in [-0.2, 0) is 4.79 Å². The third-order valence-corrected chi connectivity index (χ3v) is 4.36. The lowest BCUT2D eigenvalue weighted by atomic mass is 10.2. The molecule has 1 saturated carbocycles. The zero-order valence-electron chi connectivity index (χ0n) is 16.1. The van der Waals surface area contributed by atoms with Crippen LogP contribution in [0, 0.1) is 17.2 Å². The lowest BCUT2D eigenvalue weighted by Crippen LogP contribution is -2.13. The molecule has 1 heterocycles. The van der Waals surface area contributed by atoms with Gasteiger partial charge in [0, 0.05) is 23.6 Å². The highest BCUT2D eigenvalue weighted by Crippen LogP contribution is 2.31. The Morgan fingerprint density at radius 3 is 2.67 bits per heavy atom. The van der Waals surface area contributed by atoms with Gasteiger partial charge in [0.15, 0.2) is 0 Å². The predicted octanol–water partition coefficient (Wildman–Crippen LogP) is 4.81. The molecular formula is C23H19N5O2. The molecule has 2 aromatic carbocycles. The molecule has 7 nitrogen and oxygen atoms in total.